The van der Waals surface area contributed by atoms with Crippen LogP contribution in [0.3, 0.4) is 0 Å². The Hall–Kier alpha value is -2.80. The second kappa shape index (κ2) is 6.39. The van der Waals surface area contributed by atoms with Crippen molar-refractivity contribution in [3.8, 4) is 0 Å². The predicted molar refractivity (Wildman–Crippen MR) is 76.0 cm³/mol. The molecule has 0 amide bonds. The summed E-state index contributed by atoms with van der Waals surface area (Å²) in [5.74, 6) is 0. The van der Waals surface area contributed by atoms with Crippen LogP contribution in [0.5, 0.6) is 0 Å². The largest absolute Gasteiger partial charge is 0.240 e. The molecule has 98 valence electrons. The highest BCUT2D eigenvalue weighted by Crippen LogP contribution is 2.26. The smallest absolute Gasteiger partial charge is 0.211 e. The number of benzene rings is 2. The van der Waals surface area contributed by atoms with Crippen LogP contribution in [0.4, 0.5) is 11.4 Å². The maximum atomic E-state index is 10.5. The standard InChI is InChI=1S/C16H12N2O2/c1-12-3-2-4-14(16(12)18-11-20)9-13-5-7-15(8-6-13)17-10-19/h2-8H,9H2,1H3. The molecule has 0 aliphatic carbocycles. The van der Waals surface area contributed by atoms with Gasteiger partial charge in [-0.1, -0.05) is 30.3 Å². The zero-order chi connectivity index (χ0) is 14.4. The summed E-state index contributed by atoms with van der Waals surface area (Å²) in [5, 5.41) is 0. The molecule has 2 rings (SSSR count). The van der Waals surface area contributed by atoms with Crippen molar-refractivity contribution in [3.63, 3.8) is 0 Å². The molecule has 2 aromatic rings. The molecule has 0 fully saturated rings. The highest BCUT2D eigenvalue weighted by Gasteiger charge is 2.05. The first kappa shape index (κ1) is 13.6. The van der Waals surface area contributed by atoms with Gasteiger partial charge >= 0.3 is 0 Å². The lowest BCUT2D eigenvalue weighted by Crippen LogP contribution is -1.90. The molecular formula is C16H12N2O2. The molecule has 0 saturated carbocycles. The first-order valence-corrected chi connectivity index (χ1v) is 6.08. The Morgan fingerprint density at radius 2 is 1.65 bits per heavy atom. The summed E-state index contributed by atoms with van der Waals surface area (Å²) < 4.78 is 0. The van der Waals surface area contributed by atoms with Gasteiger partial charge in [-0.25, -0.2) is 9.59 Å². The van der Waals surface area contributed by atoms with Crippen LogP contribution in [0.15, 0.2) is 52.4 Å². The van der Waals surface area contributed by atoms with Gasteiger partial charge in [-0.3, -0.25) is 0 Å². The van der Waals surface area contributed by atoms with Crippen molar-refractivity contribution in [1.29, 1.82) is 0 Å². The SMILES string of the molecule is Cc1cccc(Cc2ccc(N=C=O)cc2)c1N=C=O. The lowest BCUT2D eigenvalue weighted by atomic mass is 10.0. The monoisotopic (exact) mass is 264 g/mol. The topological polar surface area (TPSA) is 58.9 Å². The quantitative estimate of drug-likeness (QED) is 0.626. The number of para-hydroxylation sites is 1. The molecule has 0 atom stereocenters. The molecule has 20 heavy (non-hydrogen) atoms. The Bertz CT molecular complexity index is 708. The summed E-state index contributed by atoms with van der Waals surface area (Å²) in [5.41, 5.74) is 4.17. The van der Waals surface area contributed by atoms with Crippen molar-refractivity contribution < 1.29 is 9.59 Å². The van der Waals surface area contributed by atoms with Crippen molar-refractivity contribution in [1.82, 2.24) is 0 Å². The highest BCUT2D eigenvalue weighted by molar-refractivity contribution is 5.59. The normalized spacial score (nSPS) is 9.45. The maximum Gasteiger partial charge on any atom is 0.240 e. The number of nitrogens with zero attached hydrogens (tertiary/aromatic N) is 2. The van der Waals surface area contributed by atoms with Crippen LogP contribution < -0.4 is 0 Å². The van der Waals surface area contributed by atoms with E-state index < -0.39 is 0 Å². The number of aliphatic imine (C=N–C) groups is 2. The van der Waals surface area contributed by atoms with Crippen LogP contribution in [-0.2, 0) is 16.0 Å². The fourth-order valence-electron chi connectivity index (χ4n) is 2.03. The second-order valence-corrected chi connectivity index (χ2v) is 4.33. The number of hydrogen-bond donors (Lipinski definition) is 0. The van der Waals surface area contributed by atoms with Gasteiger partial charge in [-0.15, -0.1) is 0 Å². The molecule has 4 nitrogen and oxygen atoms in total. The summed E-state index contributed by atoms with van der Waals surface area (Å²) in [6, 6.07) is 13.0. The summed E-state index contributed by atoms with van der Waals surface area (Å²) in [6.45, 7) is 1.90. The van der Waals surface area contributed by atoms with Crippen LogP contribution in [0.25, 0.3) is 0 Å². The summed E-state index contributed by atoms with van der Waals surface area (Å²) in [6.07, 6.45) is 3.74. The van der Waals surface area contributed by atoms with E-state index in [1.54, 1.807) is 18.2 Å². The van der Waals surface area contributed by atoms with Crippen LogP contribution in [-0.4, -0.2) is 12.2 Å². The molecule has 4 heteroatoms. The van der Waals surface area contributed by atoms with Gasteiger partial charge in [0.2, 0.25) is 12.2 Å². The van der Waals surface area contributed by atoms with E-state index in [2.05, 4.69) is 9.98 Å². The molecule has 0 heterocycles. The van der Waals surface area contributed by atoms with Crippen molar-refractivity contribution in [3.05, 3.63) is 59.2 Å². The Labute approximate surface area is 116 Å². The summed E-state index contributed by atoms with van der Waals surface area (Å²) >= 11 is 0. The zero-order valence-corrected chi connectivity index (χ0v) is 11.0. The molecular weight excluding hydrogens is 252 g/mol. The van der Waals surface area contributed by atoms with Crippen LogP contribution in [0.2, 0.25) is 0 Å². The van der Waals surface area contributed by atoms with E-state index >= 15 is 0 Å². The molecule has 0 aliphatic rings. The van der Waals surface area contributed by atoms with E-state index in [-0.39, 0.29) is 0 Å². The Morgan fingerprint density at radius 1 is 0.950 bits per heavy atom. The number of isocyanates is 2. The predicted octanol–water partition coefficient (Wildman–Crippen LogP) is 3.52. The van der Waals surface area contributed by atoms with E-state index in [0.717, 1.165) is 16.7 Å². The van der Waals surface area contributed by atoms with Crippen LogP contribution in [0.1, 0.15) is 16.7 Å². The molecule has 0 N–H and O–H groups in total. The average Bonchev–Trinajstić information content (AvgIpc) is 2.45. The number of hydrogen-bond acceptors (Lipinski definition) is 4. The van der Waals surface area contributed by atoms with Crippen LogP contribution in [0, 0.1) is 6.92 Å². The van der Waals surface area contributed by atoms with E-state index in [1.165, 1.54) is 6.08 Å². The van der Waals surface area contributed by atoms with E-state index in [9.17, 15) is 9.59 Å². The third-order valence-corrected chi connectivity index (χ3v) is 2.98. The van der Waals surface area contributed by atoms with Gasteiger partial charge in [0.05, 0.1) is 11.4 Å². The molecule has 0 aromatic heterocycles. The van der Waals surface area contributed by atoms with Crippen molar-refractivity contribution >= 4 is 23.5 Å². The van der Waals surface area contributed by atoms with Gasteiger partial charge in [0.1, 0.15) is 0 Å². The van der Waals surface area contributed by atoms with Crippen LogP contribution >= 0.6 is 0 Å². The van der Waals surface area contributed by atoms with Gasteiger partial charge in [0, 0.05) is 0 Å². The van der Waals surface area contributed by atoms with Gasteiger partial charge in [0.15, 0.2) is 0 Å². The first-order chi connectivity index (χ1) is 9.74. The van der Waals surface area contributed by atoms with Crippen molar-refractivity contribution in [2.45, 2.75) is 13.3 Å². The zero-order valence-electron chi connectivity index (χ0n) is 11.0. The van der Waals surface area contributed by atoms with Gasteiger partial charge in [-0.2, -0.15) is 9.98 Å². The molecule has 0 unspecified atom stereocenters. The maximum absolute atomic E-state index is 10.5. The number of carbonyl (C=O) groups excluding carboxylic acids is 2. The van der Waals surface area contributed by atoms with E-state index in [4.69, 9.17) is 0 Å². The van der Waals surface area contributed by atoms with Gasteiger partial charge in [0.25, 0.3) is 0 Å². The molecule has 0 aliphatic heterocycles. The fourth-order valence-corrected chi connectivity index (χ4v) is 2.03. The summed E-state index contributed by atoms with van der Waals surface area (Å²) in [7, 11) is 0. The number of aryl methyl sites for hydroxylation is 1. The third kappa shape index (κ3) is 3.15. The first-order valence-electron chi connectivity index (χ1n) is 6.08. The second-order valence-electron chi connectivity index (χ2n) is 4.33. The van der Waals surface area contributed by atoms with Crippen molar-refractivity contribution in [2.75, 3.05) is 0 Å². The third-order valence-electron chi connectivity index (χ3n) is 2.98. The Morgan fingerprint density at radius 3 is 2.30 bits per heavy atom. The van der Waals surface area contributed by atoms with E-state index in [0.29, 0.717) is 17.8 Å². The molecule has 0 radical (unpaired) electrons. The molecule has 0 saturated heterocycles. The average molecular weight is 264 g/mol. The Balaban J connectivity index is 2.32. The fraction of sp³-hybridized carbons (Fsp3) is 0.125. The lowest BCUT2D eigenvalue weighted by Gasteiger charge is -2.07. The minimum absolute atomic E-state index is 0.569. The minimum atomic E-state index is 0.569. The number of rotatable bonds is 4. The van der Waals surface area contributed by atoms with Gasteiger partial charge < -0.3 is 0 Å². The molecule has 0 spiro atoms. The highest BCUT2D eigenvalue weighted by atomic mass is 16.1. The summed E-state index contributed by atoms with van der Waals surface area (Å²) in [4.78, 5) is 28.0. The minimum Gasteiger partial charge on any atom is -0.211 e. The van der Waals surface area contributed by atoms with E-state index in [1.807, 2.05) is 37.3 Å². The lowest BCUT2D eigenvalue weighted by molar-refractivity contribution is 0.564. The van der Waals surface area contributed by atoms with Crippen molar-refractivity contribution in [2.24, 2.45) is 9.98 Å². The Kier molecular flexibility index (Phi) is 4.35. The van der Waals surface area contributed by atoms with Gasteiger partial charge in [-0.05, 0) is 42.2 Å². The molecule has 0 bridgehead atoms. The molecule has 2 aromatic carbocycles.